The summed E-state index contributed by atoms with van der Waals surface area (Å²) in [4.78, 5) is 14.4. The summed E-state index contributed by atoms with van der Waals surface area (Å²) < 4.78 is 11.3. The third kappa shape index (κ3) is 4.35. The Kier molecular flexibility index (Phi) is 5.72. The molecule has 5 nitrogen and oxygen atoms in total. The molecule has 0 aromatic heterocycles. The average molecular weight is 313 g/mol. The maximum absolute atomic E-state index is 12.6. The Balaban J connectivity index is 2.16. The largest absolute Gasteiger partial charge is 0.444 e. The first-order valence-corrected chi connectivity index (χ1v) is 8.56. The number of aliphatic hydroxyl groups is 1. The lowest BCUT2D eigenvalue weighted by atomic mass is 9.87. The van der Waals surface area contributed by atoms with Crippen molar-refractivity contribution in [3.05, 3.63) is 0 Å². The van der Waals surface area contributed by atoms with Crippen LogP contribution in [0.4, 0.5) is 4.79 Å². The Morgan fingerprint density at radius 1 is 1.18 bits per heavy atom. The first-order valence-electron chi connectivity index (χ1n) is 8.56. The zero-order valence-corrected chi connectivity index (χ0v) is 14.4. The van der Waals surface area contributed by atoms with Crippen molar-refractivity contribution in [1.29, 1.82) is 0 Å². The number of morpholine rings is 1. The van der Waals surface area contributed by atoms with Crippen LogP contribution in [0.5, 0.6) is 0 Å². The minimum Gasteiger partial charge on any atom is -0.444 e. The molecular weight excluding hydrogens is 282 g/mol. The number of aliphatic hydroxyl groups excluding tert-OH is 1. The van der Waals surface area contributed by atoms with E-state index in [1.54, 1.807) is 0 Å². The molecule has 1 amide bonds. The molecule has 1 N–H and O–H groups in total. The number of ether oxygens (including phenoxy) is 2. The molecule has 5 heteroatoms. The van der Waals surface area contributed by atoms with Gasteiger partial charge in [0.05, 0.1) is 31.4 Å². The molecule has 2 aliphatic rings. The summed E-state index contributed by atoms with van der Waals surface area (Å²) in [5.41, 5.74) is -0.512. The molecule has 1 saturated carbocycles. The van der Waals surface area contributed by atoms with E-state index in [1.807, 2.05) is 32.6 Å². The third-order valence-corrected chi connectivity index (χ3v) is 4.61. The van der Waals surface area contributed by atoms with Gasteiger partial charge in [-0.25, -0.2) is 4.79 Å². The van der Waals surface area contributed by atoms with Crippen molar-refractivity contribution in [3.8, 4) is 0 Å². The van der Waals surface area contributed by atoms with Crippen LogP contribution in [0.3, 0.4) is 0 Å². The SMILES string of the molecule is CC1COCC(C2CCCCCC2O)N1C(=O)OC(C)(C)C. The number of carbonyl (C=O) groups excluding carboxylic acids is 1. The smallest absolute Gasteiger partial charge is 0.410 e. The second-order valence-corrected chi connectivity index (χ2v) is 7.71. The number of hydrogen-bond acceptors (Lipinski definition) is 4. The van der Waals surface area contributed by atoms with E-state index < -0.39 is 5.60 Å². The average Bonchev–Trinajstić information content (AvgIpc) is 2.60. The second kappa shape index (κ2) is 7.18. The fourth-order valence-electron chi connectivity index (χ4n) is 3.57. The molecule has 0 radical (unpaired) electrons. The van der Waals surface area contributed by atoms with Gasteiger partial charge in [-0.05, 0) is 40.5 Å². The molecule has 0 aromatic carbocycles. The molecule has 0 aromatic rings. The topological polar surface area (TPSA) is 59.0 Å². The van der Waals surface area contributed by atoms with E-state index in [0.29, 0.717) is 13.2 Å². The fourth-order valence-corrected chi connectivity index (χ4v) is 3.57. The molecule has 22 heavy (non-hydrogen) atoms. The number of hydrogen-bond donors (Lipinski definition) is 1. The van der Waals surface area contributed by atoms with Crippen LogP contribution in [0.25, 0.3) is 0 Å². The highest BCUT2D eigenvalue weighted by Crippen LogP contribution is 2.32. The lowest BCUT2D eigenvalue weighted by Gasteiger charge is -2.45. The van der Waals surface area contributed by atoms with Gasteiger partial charge in [0.15, 0.2) is 0 Å². The highest BCUT2D eigenvalue weighted by molar-refractivity contribution is 5.69. The highest BCUT2D eigenvalue weighted by Gasteiger charge is 2.42. The molecule has 2 rings (SSSR count). The Bertz CT molecular complexity index is 379. The Hall–Kier alpha value is -0.810. The van der Waals surface area contributed by atoms with Gasteiger partial charge >= 0.3 is 6.09 Å². The van der Waals surface area contributed by atoms with Crippen LogP contribution in [0.1, 0.15) is 59.8 Å². The molecule has 0 spiro atoms. The minimum atomic E-state index is -0.512. The van der Waals surface area contributed by atoms with Crippen LogP contribution in [0.2, 0.25) is 0 Å². The van der Waals surface area contributed by atoms with Crippen LogP contribution in [-0.4, -0.2) is 53.1 Å². The van der Waals surface area contributed by atoms with E-state index in [4.69, 9.17) is 9.47 Å². The summed E-state index contributed by atoms with van der Waals surface area (Å²) in [6.45, 7) is 8.64. The Labute approximate surface area is 134 Å². The van der Waals surface area contributed by atoms with E-state index >= 15 is 0 Å². The first-order chi connectivity index (χ1) is 10.3. The van der Waals surface area contributed by atoms with Gasteiger partial charge in [-0.15, -0.1) is 0 Å². The Morgan fingerprint density at radius 2 is 1.86 bits per heavy atom. The van der Waals surface area contributed by atoms with Gasteiger partial charge in [-0.3, -0.25) is 4.90 Å². The van der Waals surface area contributed by atoms with Gasteiger partial charge < -0.3 is 14.6 Å². The molecule has 128 valence electrons. The van der Waals surface area contributed by atoms with Crippen molar-refractivity contribution in [2.24, 2.45) is 5.92 Å². The minimum absolute atomic E-state index is 0.0240. The molecule has 1 heterocycles. The summed E-state index contributed by atoms with van der Waals surface area (Å²) in [6.07, 6.45) is 4.44. The monoisotopic (exact) mass is 313 g/mol. The number of carbonyl (C=O) groups is 1. The summed E-state index contributed by atoms with van der Waals surface area (Å²) in [6, 6.07) is -0.115. The summed E-state index contributed by atoms with van der Waals surface area (Å²) in [7, 11) is 0. The zero-order chi connectivity index (χ0) is 16.3. The van der Waals surface area contributed by atoms with Crippen molar-refractivity contribution in [1.82, 2.24) is 4.90 Å². The quantitative estimate of drug-likeness (QED) is 0.756. The molecule has 1 aliphatic heterocycles. The molecule has 4 unspecified atom stereocenters. The van der Waals surface area contributed by atoms with Crippen molar-refractivity contribution in [3.63, 3.8) is 0 Å². The summed E-state index contributed by atoms with van der Waals surface area (Å²) >= 11 is 0. The maximum atomic E-state index is 12.6. The first kappa shape index (κ1) is 17.5. The van der Waals surface area contributed by atoms with E-state index in [-0.39, 0.29) is 30.2 Å². The van der Waals surface area contributed by atoms with E-state index in [2.05, 4.69) is 0 Å². The third-order valence-electron chi connectivity index (χ3n) is 4.61. The van der Waals surface area contributed by atoms with Gasteiger partial charge in [0, 0.05) is 5.92 Å². The molecule has 1 saturated heterocycles. The molecule has 4 atom stereocenters. The van der Waals surface area contributed by atoms with Crippen molar-refractivity contribution < 1.29 is 19.4 Å². The van der Waals surface area contributed by atoms with Crippen molar-refractivity contribution in [2.45, 2.75) is 83.6 Å². The van der Waals surface area contributed by atoms with E-state index in [1.165, 1.54) is 0 Å². The second-order valence-electron chi connectivity index (χ2n) is 7.71. The van der Waals surface area contributed by atoms with Crippen molar-refractivity contribution in [2.75, 3.05) is 13.2 Å². The number of amides is 1. The molecule has 1 aliphatic carbocycles. The summed E-state index contributed by atoms with van der Waals surface area (Å²) in [5.74, 6) is 0.0813. The predicted molar refractivity (Wildman–Crippen MR) is 84.7 cm³/mol. The highest BCUT2D eigenvalue weighted by atomic mass is 16.6. The van der Waals surface area contributed by atoms with Gasteiger partial charge in [0.25, 0.3) is 0 Å². The van der Waals surface area contributed by atoms with Gasteiger partial charge in [0.1, 0.15) is 5.60 Å². The molecular formula is C17H31NO4. The molecule has 2 fully saturated rings. The van der Waals surface area contributed by atoms with Gasteiger partial charge in [0.2, 0.25) is 0 Å². The predicted octanol–water partition coefficient (Wildman–Crippen LogP) is 2.95. The van der Waals surface area contributed by atoms with Crippen molar-refractivity contribution >= 4 is 6.09 Å². The number of rotatable bonds is 1. The fraction of sp³-hybridized carbons (Fsp3) is 0.941. The maximum Gasteiger partial charge on any atom is 0.410 e. The standard InChI is InChI=1S/C17H31NO4/c1-12-10-21-11-14(13-8-6-5-7-9-15(13)19)18(12)16(20)22-17(2,3)4/h12-15,19H,5-11H2,1-4H3. The lowest BCUT2D eigenvalue weighted by molar-refractivity contribution is -0.0877. The molecule has 0 bridgehead atoms. The van der Waals surface area contributed by atoms with Crippen LogP contribution < -0.4 is 0 Å². The van der Waals surface area contributed by atoms with Crippen LogP contribution in [-0.2, 0) is 9.47 Å². The van der Waals surface area contributed by atoms with Crippen LogP contribution in [0, 0.1) is 5.92 Å². The zero-order valence-electron chi connectivity index (χ0n) is 14.4. The van der Waals surface area contributed by atoms with E-state index in [0.717, 1.165) is 32.1 Å². The number of nitrogens with zero attached hydrogens (tertiary/aromatic N) is 1. The van der Waals surface area contributed by atoms with E-state index in [9.17, 15) is 9.90 Å². The Morgan fingerprint density at radius 3 is 2.55 bits per heavy atom. The summed E-state index contributed by atoms with van der Waals surface area (Å²) in [5, 5.41) is 10.5. The van der Waals surface area contributed by atoms with Crippen LogP contribution >= 0.6 is 0 Å². The normalized spacial score (nSPS) is 34.1. The lowest BCUT2D eigenvalue weighted by Crippen LogP contribution is -2.59. The van der Waals surface area contributed by atoms with Gasteiger partial charge in [-0.2, -0.15) is 0 Å². The van der Waals surface area contributed by atoms with Crippen LogP contribution in [0.15, 0.2) is 0 Å². The van der Waals surface area contributed by atoms with Gasteiger partial charge in [-0.1, -0.05) is 19.3 Å².